The van der Waals surface area contributed by atoms with E-state index in [0.29, 0.717) is 0 Å². The van der Waals surface area contributed by atoms with Crippen LogP contribution in [0, 0.1) is 5.41 Å². The van der Waals surface area contributed by atoms with E-state index in [1.807, 2.05) is 0 Å². The number of methoxy groups -OCH3 is 1. The van der Waals surface area contributed by atoms with Gasteiger partial charge >= 0.3 is 0 Å². The highest BCUT2D eigenvalue weighted by molar-refractivity contribution is 5.38. The number of hydrogen-bond acceptors (Lipinski definition) is 4. The summed E-state index contributed by atoms with van der Waals surface area (Å²) < 4.78 is 5.23. The zero-order chi connectivity index (χ0) is 11.9. The fourth-order valence-electron chi connectivity index (χ4n) is 3.20. The molecule has 1 saturated heterocycles. The molecule has 1 atom stereocenters. The van der Waals surface area contributed by atoms with Crippen molar-refractivity contribution in [2.75, 3.05) is 20.2 Å². The van der Waals surface area contributed by atoms with Crippen molar-refractivity contribution in [3.05, 3.63) is 23.5 Å². The molecule has 4 nitrogen and oxygen atoms in total. The van der Waals surface area contributed by atoms with Gasteiger partial charge in [-0.25, -0.2) is 0 Å². The third-order valence-corrected chi connectivity index (χ3v) is 4.33. The Bertz CT molecular complexity index is 427. The van der Waals surface area contributed by atoms with Crippen LogP contribution in [0.5, 0.6) is 5.75 Å². The van der Waals surface area contributed by atoms with Crippen molar-refractivity contribution in [3.63, 3.8) is 0 Å². The predicted molar refractivity (Wildman–Crippen MR) is 66.0 cm³/mol. The van der Waals surface area contributed by atoms with Gasteiger partial charge in [0.2, 0.25) is 0 Å². The number of ether oxygens (including phenoxy) is 1. The summed E-state index contributed by atoms with van der Waals surface area (Å²) in [6.45, 7) is 2.14. The van der Waals surface area contributed by atoms with Crippen LogP contribution in [-0.4, -0.2) is 25.2 Å². The van der Waals surface area contributed by atoms with Crippen LogP contribution >= 0.6 is 0 Å². The molecule has 1 aromatic heterocycles. The van der Waals surface area contributed by atoms with E-state index < -0.39 is 0 Å². The number of pyridine rings is 1. The van der Waals surface area contributed by atoms with Crippen molar-refractivity contribution >= 4 is 0 Å². The lowest BCUT2D eigenvalue weighted by atomic mass is 9.74. The molecule has 1 fully saturated rings. The van der Waals surface area contributed by atoms with Crippen LogP contribution in [-0.2, 0) is 6.42 Å². The normalized spacial score (nSPS) is 25.9. The first kappa shape index (κ1) is 11.0. The fourth-order valence-corrected chi connectivity index (χ4v) is 3.20. The van der Waals surface area contributed by atoms with Crippen LogP contribution in [0.4, 0.5) is 0 Å². The quantitative estimate of drug-likeness (QED) is 0.760. The van der Waals surface area contributed by atoms with Gasteiger partial charge in [0.15, 0.2) is 0 Å². The second-order valence-corrected chi connectivity index (χ2v) is 5.18. The summed E-state index contributed by atoms with van der Waals surface area (Å²) in [5.41, 5.74) is 9.04. The monoisotopic (exact) mass is 233 g/mol. The van der Waals surface area contributed by atoms with E-state index in [2.05, 4.69) is 16.4 Å². The summed E-state index contributed by atoms with van der Waals surface area (Å²) in [5, 5.41) is 3.41. The van der Waals surface area contributed by atoms with Gasteiger partial charge < -0.3 is 15.8 Å². The molecule has 0 amide bonds. The topological polar surface area (TPSA) is 60.2 Å². The number of piperidine rings is 1. The summed E-state index contributed by atoms with van der Waals surface area (Å²) in [5.74, 6) is 0.810. The maximum atomic E-state index is 6.46. The van der Waals surface area contributed by atoms with Gasteiger partial charge in [-0.3, -0.25) is 4.98 Å². The van der Waals surface area contributed by atoms with E-state index in [-0.39, 0.29) is 11.5 Å². The SMILES string of the molecule is COc1cnc2c(c1)[C@@H](N)C1(CCNCC1)C2. The highest BCUT2D eigenvalue weighted by Gasteiger charge is 2.45. The van der Waals surface area contributed by atoms with Gasteiger partial charge in [-0.2, -0.15) is 0 Å². The summed E-state index contributed by atoms with van der Waals surface area (Å²) >= 11 is 0. The number of fused-ring (bicyclic) bond motifs is 1. The molecule has 17 heavy (non-hydrogen) atoms. The first-order valence-corrected chi connectivity index (χ1v) is 6.24. The smallest absolute Gasteiger partial charge is 0.137 e. The zero-order valence-corrected chi connectivity index (χ0v) is 10.2. The first-order chi connectivity index (χ1) is 8.25. The molecule has 0 bridgehead atoms. The summed E-state index contributed by atoms with van der Waals surface area (Å²) in [7, 11) is 1.67. The Kier molecular flexibility index (Phi) is 2.56. The highest BCUT2D eigenvalue weighted by Crippen LogP contribution is 2.49. The molecular weight excluding hydrogens is 214 g/mol. The van der Waals surface area contributed by atoms with Gasteiger partial charge in [0.1, 0.15) is 5.75 Å². The van der Waals surface area contributed by atoms with Gasteiger partial charge in [0, 0.05) is 11.7 Å². The molecule has 2 aliphatic rings. The lowest BCUT2D eigenvalue weighted by molar-refractivity contribution is 0.173. The Morgan fingerprint density at radius 1 is 1.47 bits per heavy atom. The van der Waals surface area contributed by atoms with Crippen LogP contribution in [0.2, 0.25) is 0 Å². The minimum atomic E-state index is 0.113. The Hall–Kier alpha value is -1.13. The molecule has 3 rings (SSSR count). The number of rotatable bonds is 1. The van der Waals surface area contributed by atoms with Gasteiger partial charge in [-0.05, 0) is 49.4 Å². The van der Waals surface area contributed by atoms with Crippen LogP contribution in [0.3, 0.4) is 0 Å². The van der Waals surface area contributed by atoms with Gasteiger partial charge in [-0.15, -0.1) is 0 Å². The van der Waals surface area contributed by atoms with E-state index in [9.17, 15) is 0 Å². The van der Waals surface area contributed by atoms with E-state index in [4.69, 9.17) is 10.5 Å². The van der Waals surface area contributed by atoms with Crippen molar-refractivity contribution in [2.24, 2.45) is 11.1 Å². The van der Waals surface area contributed by atoms with Crippen LogP contribution in [0.15, 0.2) is 12.3 Å². The minimum Gasteiger partial charge on any atom is -0.495 e. The second-order valence-electron chi connectivity index (χ2n) is 5.18. The van der Waals surface area contributed by atoms with Crippen molar-refractivity contribution in [3.8, 4) is 5.75 Å². The number of hydrogen-bond donors (Lipinski definition) is 2. The molecule has 1 aliphatic heterocycles. The molecule has 0 radical (unpaired) electrons. The fraction of sp³-hybridized carbons (Fsp3) is 0.615. The van der Waals surface area contributed by atoms with Crippen molar-refractivity contribution in [1.29, 1.82) is 0 Å². The van der Waals surface area contributed by atoms with E-state index in [0.717, 1.165) is 38.1 Å². The van der Waals surface area contributed by atoms with Gasteiger partial charge in [0.25, 0.3) is 0 Å². The Labute approximate surface area is 102 Å². The van der Waals surface area contributed by atoms with Gasteiger partial charge in [0.05, 0.1) is 13.3 Å². The minimum absolute atomic E-state index is 0.113. The maximum absolute atomic E-state index is 6.46. The number of aromatic nitrogens is 1. The van der Waals surface area contributed by atoms with Crippen molar-refractivity contribution in [1.82, 2.24) is 10.3 Å². The first-order valence-electron chi connectivity index (χ1n) is 6.24. The van der Waals surface area contributed by atoms with Crippen LogP contribution < -0.4 is 15.8 Å². The summed E-state index contributed by atoms with van der Waals surface area (Å²) in [6, 6.07) is 2.17. The van der Waals surface area contributed by atoms with E-state index in [1.165, 1.54) is 11.3 Å². The molecule has 1 spiro atoms. The highest BCUT2D eigenvalue weighted by atomic mass is 16.5. The molecular formula is C13H19N3O. The Morgan fingerprint density at radius 3 is 2.94 bits per heavy atom. The molecule has 0 saturated carbocycles. The number of nitrogens with two attached hydrogens (primary N) is 1. The maximum Gasteiger partial charge on any atom is 0.137 e. The van der Waals surface area contributed by atoms with Crippen molar-refractivity contribution < 1.29 is 4.74 Å². The second kappa shape index (κ2) is 3.96. The number of nitrogens with one attached hydrogen (secondary N) is 1. The molecule has 0 aromatic carbocycles. The lowest BCUT2D eigenvalue weighted by Crippen LogP contribution is -2.42. The lowest BCUT2D eigenvalue weighted by Gasteiger charge is -2.37. The van der Waals surface area contributed by atoms with Gasteiger partial charge in [-0.1, -0.05) is 0 Å². The molecule has 1 aromatic rings. The Balaban J connectivity index is 1.96. The Morgan fingerprint density at radius 2 is 2.24 bits per heavy atom. The largest absolute Gasteiger partial charge is 0.495 e. The van der Waals surface area contributed by atoms with Crippen LogP contribution in [0.25, 0.3) is 0 Å². The zero-order valence-electron chi connectivity index (χ0n) is 10.2. The predicted octanol–water partition coefficient (Wildman–Crippen LogP) is 1.02. The van der Waals surface area contributed by atoms with Crippen molar-refractivity contribution in [2.45, 2.75) is 25.3 Å². The average molecular weight is 233 g/mol. The average Bonchev–Trinajstić information content (AvgIpc) is 2.63. The van der Waals surface area contributed by atoms with Crippen LogP contribution in [0.1, 0.15) is 30.1 Å². The molecule has 4 heteroatoms. The summed E-state index contributed by atoms with van der Waals surface area (Å²) in [6.07, 6.45) is 5.11. The molecule has 0 unspecified atom stereocenters. The van der Waals surface area contributed by atoms with E-state index >= 15 is 0 Å². The molecule has 1 aliphatic carbocycles. The standard InChI is InChI=1S/C13H19N3O/c1-17-9-6-10-11(16-8-9)7-13(12(10)14)2-4-15-5-3-13/h6,8,12,15H,2-5,7,14H2,1H3/t12-/m1/s1. The van der Waals surface area contributed by atoms with E-state index in [1.54, 1.807) is 13.3 Å². The molecule has 2 heterocycles. The molecule has 3 N–H and O–H groups in total. The summed E-state index contributed by atoms with van der Waals surface area (Å²) in [4.78, 5) is 4.50. The number of nitrogens with zero attached hydrogens (tertiary/aromatic N) is 1. The molecule has 92 valence electrons. The third kappa shape index (κ3) is 1.63. The third-order valence-electron chi connectivity index (χ3n) is 4.33.